The first-order chi connectivity index (χ1) is 8.85. The highest BCUT2D eigenvalue weighted by Crippen LogP contribution is 2.18. The van der Waals surface area contributed by atoms with Crippen LogP contribution in [0.5, 0.6) is 0 Å². The van der Waals surface area contributed by atoms with Crippen molar-refractivity contribution in [3.8, 4) is 0 Å². The van der Waals surface area contributed by atoms with E-state index in [4.69, 9.17) is 0 Å². The normalized spacial score (nSPS) is 11.3. The number of hydrogen-bond acceptors (Lipinski definition) is 0. The Kier molecular flexibility index (Phi) is 15.1. The van der Waals surface area contributed by atoms with Gasteiger partial charge in [-0.25, -0.2) is 0 Å². The number of rotatable bonds is 14. The van der Waals surface area contributed by atoms with Crippen molar-refractivity contribution in [3.05, 3.63) is 6.92 Å². The van der Waals surface area contributed by atoms with Crippen LogP contribution in [0.25, 0.3) is 0 Å². The van der Waals surface area contributed by atoms with Crippen molar-refractivity contribution in [3.63, 3.8) is 0 Å². The SMILES string of the molecule is [CH2]CCCCCCCCCCCCC(CC)CC. The predicted molar refractivity (Wildman–Crippen MR) is 84.8 cm³/mol. The van der Waals surface area contributed by atoms with Crippen molar-refractivity contribution < 1.29 is 0 Å². The second-order valence-electron chi connectivity index (χ2n) is 5.86. The maximum atomic E-state index is 3.89. The van der Waals surface area contributed by atoms with Gasteiger partial charge in [0, 0.05) is 0 Å². The summed E-state index contributed by atoms with van der Waals surface area (Å²) in [5.41, 5.74) is 0. The first-order valence-corrected chi connectivity index (χ1v) is 8.64. The van der Waals surface area contributed by atoms with Crippen LogP contribution in [0.4, 0.5) is 0 Å². The van der Waals surface area contributed by atoms with Gasteiger partial charge in [-0.05, 0) is 5.92 Å². The van der Waals surface area contributed by atoms with Crippen molar-refractivity contribution in [2.24, 2.45) is 5.92 Å². The summed E-state index contributed by atoms with van der Waals surface area (Å²) in [6.07, 6.45) is 19.8. The smallest absolute Gasteiger partial charge is 0.0420 e. The van der Waals surface area contributed by atoms with E-state index in [9.17, 15) is 0 Å². The van der Waals surface area contributed by atoms with E-state index in [-0.39, 0.29) is 0 Å². The maximum absolute atomic E-state index is 3.89. The Morgan fingerprint density at radius 3 is 1.39 bits per heavy atom. The molecule has 0 bridgehead atoms. The summed E-state index contributed by atoms with van der Waals surface area (Å²) in [7, 11) is 0. The van der Waals surface area contributed by atoms with Crippen LogP contribution in [0.15, 0.2) is 0 Å². The van der Waals surface area contributed by atoms with Crippen LogP contribution < -0.4 is 0 Å². The topological polar surface area (TPSA) is 0 Å². The maximum Gasteiger partial charge on any atom is -0.0420 e. The fourth-order valence-electron chi connectivity index (χ4n) is 2.72. The van der Waals surface area contributed by atoms with Crippen LogP contribution in [-0.4, -0.2) is 0 Å². The van der Waals surface area contributed by atoms with E-state index in [0.29, 0.717) is 0 Å². The molecule has 0 aromatic carbocycles. The molecule has 0 rings (SSSR count). The third kappa shape index (κ3) is 12.5. The minimum Gasteiger partial charge on any atom is -0.0651 e. The summed E-state index contributed by atoms with van der Waals surface area (Å²) in [4.78, 5) is 0. The van der Waals surface area contributed by atoms with Gasteiger partial charge in [-0.2, -0.15) is 0 Å². The monoisotopic (exact) mass is 253 g/mol. The van der Waals surface area contributed by atoms with Crippen LogP contribution in [0.1, 0.15) is 104 Å². The molecule has 0 heteroatoms. The fraction of sp³-hybridized carbons (Fsp3) is 0.944. The van der Waals surface area contributed by atoms with Gasteiger partial charge in [-0.3, -0.25) is 0 Å². The standard InChI is InChI=1S/C18H37/c1-4-7-8-9-10-11-12-13-14-15-16-17-18(5-2)6-3/h18H,1,4-17H2,2-3H3. The molecule has 0 saturated heterocycles. The van der Waals surface area contributed by atoms with Crippen LogP contribution >= 0.6 is 0 Å². The molecule has 1 radical (unpaired) electrons. The first kappa shape index (κ1) is 18.0. The molecule has 0 atom stereocenters. The fourth-order valence-corrected chi connectivity index (χ4v) is 2.72. The lowest BCUT2D eigenvalue weighted by atomic mass is 9.95. The summed E-state index contributed by atoms with van der Waals surface area (Å²) < 4.78 is 0. The van der Waals surface area contributed by atoms with Crippen LogP contribution in [0, 0.1) is 12.8 Å². The lowest BCUT2D eigenvalue weighted by molar-refractivity contribution is 0.426. The Morgan fingerprint density at radius 1 is 0.611 bits per heavy atom. The second-order valence-corrected chi connectivity index (χ2v) is 5.86. The lowest BCUT2D eigenvalue weighted by Gasteiger charge is -2.11. The highest BCUT2D eigenvalue weighted by atomic mass is 14.1. The van der Waals surface area contributed by atoms with E-state index < -0.39 is 0 Å². The molecule has 0 saturated carbocycles. The Labute approximate surface area is 117 Å². The number of unbranched alkanes of at least 4 members (excludes halogenated alkanes) is 10. The zero-order valence-corrected chi connectivity index (χ0v) is 13.2. The van der Waals surface area contributed by atoms with E-state index in [0.717, 1.165) is 12.3 Å². The third-order valence-electron chi connectivity index (χ3n) is 4.27. The average Bonchev–Trinajstić information content (AvgIpc) is 2.40. The highest BCUT2D eigenvalue weighted by Gasteiger charge is 2.02. The molecular formula is C18H37. The van der Waals surface area contributed by atoms with Crippen molar-refractivity contribution in [2.45, 2.75) is 104 Å². The van der Waals surface area contributed by atoms with Gasteiger partial charge in [0.1, 0.15) is 0 Å². The molecule has 0 nitrogen and oxygen atoms in total. The summed E-state index contributed by atoms with van der Waals surface area (Å²) >= 11 is 0. The zero-order chi connectivity index (χ0) is 13.5. The predicted octanol–water partition coefficient (Wildman–Crippen LogP) is 6.94. The van der Waals surface area contributed by atoms with Crippen molar-refractivity contribution in [2.75, 3.05) is 0 Å². The molecule has 0 aromatic heterocycles. The molecule has 0 N–H and O–H groups in total. The van der Waals surface area contributed by atoms with Crippen LogP contribution in [0.3, 0.4) is 0 Å². The highest BCUT2D eigenvalue weighted by molar-refractivity contribution is 4.55. The van der Waals surface area contributed by atoms with Gasteiger partial charge in [0.15, 0.2) is 0 Å². The molecule has 0 amide bonds. The molecule has 0 aliphatic carbocycles. The molecule has 0 aliphatic rings. The van der Waals surface area contributed by atoms with E-state index in [2.05, 4.69) is 20.8 Å². The Hall–Kier alpha value is 0. The van der Waals surface area contributed by atoms with Gasteiger partial charge in [0.25, 0.3) is 0 Å². The molecule has 0 spiro atoms. The number of hydrogen-bond donors (Lipinski definition) is 0. The minimum absolute atomic E-state index is 0.998. The molecule has 18 heavy (non-hydrogen) atoms. The molecular weight excluding hydrogens is 216 g/mol. The van der Waals surface area contributed by atoms with Crippen molar-refractivity contribution in [1.29, 1.82) is 0 Å². The minimum atomic E-state index is 0.998. The van der Waals surface area contributed by atoms with Crippen molar-refractivity contribution >= 4 is 0 Å². The third-order valence-corrected chi connectivity index (χ3v) is 4.27. The molecule has 0 aromatic rings. The zero-order valence-electron chi connectivity index (χ0n) is 13.2. The van der Waals surface area contributed by atoms with E-state index >= 15 is 0 Å². The quantitative estimate of drug-likeness (QED) is 0.294. The van der Waals surface area contributed by atoms with E-state index in [1.54, 1.807) is 0 Å². The lowest BCUT2D eigenvalue weighted by Crippen LogP contribution is -1.96. The summed E-state index contributed by atoms with van der Waals surface area (Å²) in [6.45, 7) is 8.56. The molecule has 0 aliphatic heterocycles. The van der Waals surface area contributed by atoms with Crippen molar-refractivity contribution in [1.82, 2.24) is 0 Å². The Balaban J connectivity index is 3.03. The van der Waals surface area contributed by atoms with Gasteiger partial charge in [-0.1, -0.05) is 111 Å². The van der Waals surface area contributed by atoms with Gasteiger partial charge >= 0.3 is 0 Å². The van der Waals surface area contributed by atoms with Gasteiger partial charge in [0.05, 0.1) is 0 Å². The molecule has 0 fully saturated rings. The van der Waals surface area contributed by atoms with Crippen LogP contribution in [0.2, 0.25) is 0 Å². The summed E-state index contributed by atoms with van der Waals surface area (Å²) in [5.74, 6) is 0.998. The first-order valence-electron chi connectivity index (χ1n) is 8.64. The molecule has 0 heterocycles. The summed E-state index contributed by atoms with van der Waals surface area (Å²) in [5, 5.41) is 0. The Morgan fingerprint density at radius 2 is 1.00 bits per heavy atom. The van der Waals surface area contributed by atoms with Gasteiger partial charge in [-0.15, -0.1) is 0 Å². The summed E-state index contributed by atoms with van der Waals surface area (Å²) in [6, 6.07) is 0. The Bertz CT molecular complexity index is 135. The van der Waals surface area contributed by atoms with Gasteiger partial charge in [0.2, 0.25) is 0 Å². The molecule has 109 valence electrons. The largest absolute Gasteiger partial charge is 0.0651 e. The van der Waals surface area contributed by atoms with Crippen LogP contribution in [-0.2, 0) is 0 Å². The second kappa shape index (κ2) is 15.1. The van der Waals surface area contributed by atoms with E-state index in [1.165, 1.54) is 83.5 Å². The average molecular weight is 253 g/mol. The van der Waals surface area contributed by atoms with Gasteiger partial charge < -0.3 is 0 Å². The molecule has 0 unspecified atom stereocenters. The van der Waals surface area contributed by atoms with E-state index in [1.807, 2.05) is 0 Å².